The van der Waals surface area contributed by atoms with Crippen LogP contribution in [-0.2, 0) is 21.5 Å². The molecule has 2 N–H and O–H groups in total. The van der Waals surface area contributed by atoms with Gasteiger partial charge in [-0.15, -0.1) is 0 Å². The highest BCUT2D eigenvalue weighted by Gasteiger charge is 2.47. The van der Waals surface area contributed by atoms with Gasteiger partial charge < -0.3 is 15.0 Å². The first kappa shape index (κ1) is 21.7. The molecular formula is C24H25N7O3. The van der Waals surface area contributed by atoms with Crippen molar-refractivity contribution in [3.8, 4) is 22.6 Å². The van der Waals surface area contributed by atoms with E-state index >= 15 is 0 Å². The van der Waals surface area contributed by atoms with Gasteiger partial charge in [0.25, 0.3) is 5.89 Å². The van der Waals surface area contributed by atoms with Crippen LogP contribution in [0.25, 0.3) is 22.6 Å². The summed E-state index contributed by atoms with van der Waals surface area (Å²) >= 11 is 0. The van der Waals surface area contributed by atoms with Crippen molar-refractivity contribution in [2.45, 2.75) is 38.6 Å². The first-order valence-electron chi connectivity index (χ1n) is 11.2. The molecule has 3 aromatic heterocycles. The van der Waals surface area contributed by atoms with Crippen molar-refractivity contribution in [1.82, 2.24) is 29.9 Å². The van der Waals surface area contributed by atoms with Crippen molar-refractivity contribution in [2.24, 2.45) is 5.92 Å². The summed E-state index contributed by atoms with van der Waals surface area (Å²) in [6.45, 7) is 4.28. The van der Waals surface area contributed by atoms with E-state index in [0.29, 0.717) is 29.8 Å². The van der Waals surface area contributed by atoms with Crippen LogP contribution in [0.5, 0.6) is 0 Å². The molecule has 1 fully saturated rings. The van der Waals surface area contributed by atoms with E-state index in [9.17, 15) is 4.79 Å². The lowest BCUT2D eigenvalue weighted by Crippen LogP contribution is -2.28. The number of nitrogen functional groups attached to an aromatic ring is 1. The van der Waals surface area contributed by atoms with Crippen LogP contribution in [0.1, 0.15) is 38.1 Å². The van der Waals surface area contributed by atoms with Crippen LogP contribution >= 0.6 is 0 Å². The van der Waals surface area contributed by atoms with Crippen molar-refractivity contribution in [3.05, 3.63) is 60.4 Å². The molecule has 0 saturated heterocycles. The van der Waals surface area contributed by atoms with E-state index in [0.717, 1.165) is 29.5 Å². The molecule has 34 heavy (non-hydrogen) atoms. The zero-order valence-corrected chi connectivity index (χ0v) is 19.0. The number of rotatable bonds is 8. The zero-order chi connectivity index (χ0) is 23.7. The Balaban J connectivity index is 1.40. The largest absolute Gasteiger partial charge is 0.465 e. The Morgan fingerprint density at radius 3 is 2.56 bits per heavy atom. The monoisotopic (exact) mass is 459 g/mol. The zero-order valence-electron chi connectivity index (χ0n) is 19.0. The number of anilines is 1. The maximum atomic E-state index is 11.7. The third-order valence-electron chi connectivity index (χ3n) is 6.25. The van der Waals surface area contributed by atoms with E-state index in [2.05, 4.69) is 39.3 Å². The first-order valence-corrected chi connectivity index (χ1v) is 11.2. The number of benzene rings is 1. The Morgan fingerprint density at radius 1 is 1.15 bits per heavy atom. The lowest BCUT2D eigenvalue weighted by atomic mass is 9.77. The molecule has 0 radical (unpaired) electrons. The summed E-state index contributed by atoms with van der Waals surface area (Å²) in [5, 5.41) is 8.55. The van der Waals surface area contributed by atoms with Crippen molar-refractivity contribution >= 4 is 11.9 Å². The second-order valence-electron chi connectivity index (χ2n) is 8.54. The average molecular weight is 460 g/mol. The summed E-state index contributed by atoms with van der Waals surface area (Å²) in [7, 11) is 0. The SMILES string of the molecule is CCOC(=O)Cn1cc(-c2nc(C(C)(c3ccc(-c4cnc(N)nc4)cc3)C3CC3)no2)cn1. The third-order valence-corrected chi connectivity index (χ3v) is 6.25. The number of aromatic nitrogens is 6. The lowest BCUT2D eigenvalue weighted by molar-refractivity contribution is -0.144. The van der Waals surface area contributed by atoms with Gasteiger partial charge in [-0.1, -0.05) is 29.4 Å². The predicted molar refractivity (Wildman–Crippen MR) is 123 cm³/mol. The highest BCUT2D eigenvalue weighted by atomic mass is 16.5. The van der Waals surface area contributed by atoms with Crippen LogP contribution in [0.3, 0.4) is 0 Å². The van der Waals surface area contributed by atoms with Gasteiger partial charge in [0.1, 0.15) is 6.54 Å². The van der Waals surface area contributed by atoms with E-state index in [1.165, 1.54) is 4.68 Å². The van der Waals surface area contributed by atoms with Crippen molar-refractivity contribution in [2.75, 3.05) is 12.3 Å². The fourth-order valence-corrected chi connectivity index (χ4v) is 4.16. The van der Waals surface area contributed by atoms with E-state index in [4.69, 9.17) is 20.0 Å². The van der Waals surface area contributed by atoms with Crippen molar-refractivity contribution in [1.29, 1.82) is 0 Å². The molecule has 3 heterocycles. The summed E-state index contributed by atoms with van der Waals surface area (Å²) in [4.78, 5) is 24.6. The summed E-state index contributed by atoms with van der Waals surface area (Å²) in [6, 6.07) is 8.28. The molecular weight excluding hydrogens is 434 g/mol. The number of ether oxygens (including phenoxy) is 1. The standard InChI is InChI=1S/C24H25N7O3/c1-3-33-20(32)14-31-13-17(12-28-31)21-29-22(30-34-21)24(2,19-8-9-19)18-6-4-15(5-7-18)16-10-26-23(25)27-11-16/h4-7,10-13,19H,3,8-9,14H2,1-2H3,(H2,25,26,27). The second-order valence-corrected chi connectivity index (χ2v) is 8.54. The van der Waals surface area contributed by atoms with Crippen LogP contribution in [-0.4, -0.2) is 42.5 Å². The fraction of sp³-hybridized carbons (Fsp3) is 0.333. The number of nitrogens with two attached hydrogens (primary N) is 1. The minimum Gasteiger partial charge on any atom is -0.465 e. The fourth-order valence-electron chi connectivity index (χ4n) is 4.16. The Kier molecular flexibility index (Phi) is 5.56. The highest BCUT2D eigenvalue weighted by molar-refractivity contribution is 5.69. The number of esters is 1. The van der Waals surface area contributed by atoms with Gasteiger partial charge in [-0.25, -0.2) is 9.97 Å². The van der Waals surface area contributed by atoms with Crippen LogP contribution in [0.2, 0.25) is 0 Å². The minimum absolute atomic E-state index is 0.0278. The molecule has 1 atom stereocenters. The van der Waals surface area contributed by atoms with Gasteiger partial charge in [-0.2, -0.15) is 10.1 Å². The summed E-state index contributed by atoms with van der Waals surface area (Å²) in [5.74, 6) is 1.33. The molecule has 0 amide bonds. The van der Waals surface area contributed by atoms with Crippen LogP contribution in [0.4, 0.5) is 5.95 Å². The maximum Gasteiger partial charge on any atom is 0.327 e. The normalized spacial score (nSPS) is 15.1. The molecule has 10 nitrogen and oxygen atoms in total. The smallest absolute Gasteiger partial charge is 0.327 e. The summed E-state index contributed by atoms with van der Waals surface area (Å²) in [5.41, 5.74) is 8.88. The van der Waals surface area contributed by atoms with Crippen LogP contribution in [0.15, 0.2) is 53.6 Å². The average Bonchev–Trinajstić information content (AvgIpc) is 3.40. The first-order chi connectivity index (χ1) is 16.5. The molecule has 0 aliphatic heterocycles. The number of hydrogen-bond donors (Lipinski definition) is 1. The minimum atomic E-state index is -0.390. The third kappa shape index (κ3) is 4.14. The predicted octanol–water partition coefficient (Wildman–Crippen LogP) is 3.25. The van der Waals surface area contributed by atoms with Gasteiger partial charge in [-0.05, 0) is 43.7 Å². The molecule has 4 aromatic rings. The molecule has 0 spiro atoms. The number of hydrogen-bond acceptors (Lipinski definition) is 9. The topological polar surface area (TPSA) is 135 Å². The van der Waals surface area contributed by atoms with Crippen molar-refractivity contribution in [3.63, 3.8) is 0 Å². The number of carbonyl (C=O) groups excluding carboxylic acids is 1. The van der Waals surface area contributed by atoms with Crippen LogP contribution < -0.4 is 5.73 Å². The van der Waals surface area contributed by atoms with E-state index in [1.54, 1.807) is 31.7 Å². The van der Waals surface area contributed by atoms with Gasteiger partial charge in [0, 0.05) is 24.2 Å². The van der Waals surface area contributed by atoms with Gasteiger partial charge in [0.2, 0.25) is 5.95 Å². The molecule has 0 bridgehead atoms. The molecule has 1 saturated carbocycles. The Hall–Kier alpha value is -4.08. The van der Waals surface area contributed by atoms with E-state index in [-0.39, 0.29) is 18.5 Å². The van der Waals surface area contributed by atoms with Crippen molar-refractivity contribution < 1.29 is 14.1 Å². The molecule has 174 valence electrons. The van der Waals surface area contributed by atoms with E-state index in [1.807, 2.05) is 12.1 Å². The molecule has 1 aromatic carbocycles. The number of nitrogens with zero attached hydrogens (tertiary/aromatic N) is 6. The van der Waals surface area contributed by atoms with Crippen LogP contribution in [0, 0.1) is 5.92 Å². The molecule has 10 heteroatoms. The van der Waals surface area contributed by atoms with Gasteiger partial charge in [0.15, 0.2) is 5.82 Å². The summed E-state index contributed by atoms with van der Waals surface area (Å²) < 4.78 is 12.1. The Morgan fingerprint density at radius 2 is 1.88 bits per heavy atom. The number of carbonyl (C=O) groups is 1. The highest BCUT2D eigenvalue weighted by Crippen LogP contribution is 2.50. The van der Waals surface area contributed by atoms with Gasteiger partial charge in [0.05, 0.1) is 23.8 Å². The van der Waals surface area contributed by atoms with Gasteiger partial charge in [-0.3, -0.25) is 9.48 Å². The van der Waals surface area contributed by atoms with E-state index < -0.39 is 5.41 Å². The van der Waals surface area contributed by atoms with Gasteiger partial charge >= 0.3 is 5.97 Å². The molecule has 5 rings (SSSR count). The summed E-state index contributed by atoms with van der Waals surface area (Å²) in [6.07, 6.45) is 8.94. The lowest BCUT2D eigenvalue weighted by Gasteiger charge is -2.27. The maximum absolute atomic E-state index is 11.7. The molecule has 1 unspecified atom stereocenters. The molecule has 1 aliphatic carbocycles. The quantitative estimate of drug-likeness (QED) is 0.394. The Labute approximate surface area is 196 Å². The molecule has 1 aliphatic rings. The second kappa shape index (κ2) is 8.69. The Bertz CT molecular complexity index is 1290.